The number of halogens is 2. The summed E-state index contributed by atoms with van der Waals surface area (Å²) in [7, 11) is 0. The number of rotatable bonds is 9. The maximum absolute atomic E-state index is 14.5. The van der Waals surface area contributed by atoms with Crippen molar-refractivity contribution in [3.8, 4) is 5.88 Å². The minimum absolute atomic E-state index is 0.00396. The zero-order chi connectivity index (χ0) is 26.6. The third kappa shape index (κ3) is 6.16. The molecule has 1 N–H and O–H groups in total. The second-order valence-electron chi connectivity index (χ2n) is 11.1. The number of hydrogen-bond acceptors (Lipinski definition) is 5. The maximum Gasteiger partial charge on any atom is 0.254 e. The van der Waals surface area contributed by atoms with Crippen LogP contribution < -0.4 is 10.1 Å². The molecule has 1 amide bonds. The van der Waals surface area contributed by atoms with Gasteiger partial charge in [-0.15, -0.1) is 0 Å². The highest BCUT2D eigenvalue weighted by Gasteiger charge is 2.35. The Morgan fingerprint density at radius 2 is 1.82 bits per heavy atom. The van der Waals surface area contributed by atoms with Gasteiger partial charge in [-0.2, -0.15) is 0 Å². The molecule has 1 atom stereocenters. The summed E-state index contributed by atoms with van der Waals surface area (Å²) in [5.74, 6) is 1.55. The van der Waals surface area contributed by atoms with Crippen LogP contribution in [0.2, 0.25) is 5.02 Å². The SMILES string of the molecule is CC(C)Oc1cc(CCc2nc3cc(F)c(Cl)cc3n2C(C(=O)NC2CCCCC2)C2CCCCC2)on1. The van der Waals surface area contributed by atoms with Gasteiger partial charge in [0.1, 0.15) is 23.4 Å². The molecule has 0 bridgehead atoms. The molecule has 206 valence electrons. The quantitative estimate of drug-likeness (QED) is 0.315. The summed E-state index contributed by atoms with van der Waals surface area (Å²) in [5, 5.41) is 7.41. The van der Waals surface area contributed by atoms with Crippen LogP contribution in [0, 0.1) is 11.7 Å². The van der Waals surface area contributed by atoms with Gasteiger partial charge in [0.05, 0.1) is 22.2 Å². The largest absolute Gasteiger partial charge is 0.473 e. The molecule has 38 heavy (non-hydrogen) atoms. The number of fused-ring (bicyclic) bond motifs is 1. The number of benzene rings is 1. The lowest BCUT2D eigenvalue weighted by Gasteiger charge is -2.33. The van der Waals surface area contributed by atoms with E-state index in [1.54, 1.807) is 12.1 Å². The highest BCUT2D eigenvalue weighted by atomic mass is 35.5. The van der Waals surface area contributed by atoms with Crippen LogP contribution in [0.25, 0.3) is 11.0 Å². The summed E-state index contributed by atoms with van der Waals surface area (Å²) in [6, 6.07) is 4.56. The number of aromatic nitrogens is 3. The monoisotopic (exact) mass is 544 g/mol. The van der Waals surface area contributed by atoms with E-state index in [-0.39, 0.29) is 29.0 Å². The van der Waals surface area contributed by atoms with E-state index in [1.807, 2.05) is 18.4 Å². The van der Waals surface area contributed by atoms with Gasteiger partial charge in [0, 0.05) is 31.0 Å². The molecule has 0 saturated heterocycles. The molecule has 2 aliphatic rings. The van der Waals surface area contributed by atoms with E-state index in [4.69, 9.17) is 25.8 Å². The van der Waals surface area contributed by atoms with Crippen molar-refractivity contribution in [1.29, 1.82) is 0 Å². The molecule has 1 unspecified atom stereocenters. The Labute approximate surface area is 228 Å². The molecule has 0 radical (unpaired) electrons. The number of aryl methyl sites for hydroxylation is 2. The first-order valence-corrected chi connectivity index (χ1v) is 14.6. The Morgan fingerprint density at radius 3 is 2.53 bits per heavy atom. The molecule has 2 heterocycles. The van der Waals surface area contributed by atoms with Crippen molar-refractivity contribution in [2.75, 3.05) is 0 Å². The minimum atomic E-state index is -0.512. The van der Waals surface area contributed by atoms with Crippen molar-refractivity contribution in [3.05, 3.63) is 40.6 Å². The molecule has 7 nitrogen and oxygen atoms in total. The van der Waals surface area contributed by atoms with E-state index < -0.39 is 11.9 Å². The molecule has 0 spiro atoms. The fourth-order valence-electron chi connectivity index (χ4n) is 6.10. The summed E-state index contributed by atoms with van der Waals surface area (Å²) in [5.41, 5.74) is 1.21. The summed E-state index contributed by atoms with van der Waals surface area (Å²) < 4.78 is 27.6. The molecule has 2 saturated carbocycles. The molecule has 5 rings (SSSR count). The summed E-state index contributed by atoms with van der Waals surface area (Å²) in [6.45, 7) is 3.87. The Morgan fingerprint density at radius 1 is 1.11 bits per heavy atom. The van der Waals surface area contributed by atoms with Crippen molar-refractivity contribution in [2.45, 2.75) is 109 Å². The Balaban J connectivity index is 1.50. The van der Waals surface area contributed by atoms with Gasteiger partial charge in [-0.25, -0.2) is 9.37 Å². The number of hydrogen-bond donors (Lipinski definition) is 1. The van der Waals surface area contributed by atoms with E-state index in [2.05, 4.69) is 10.5 Å². The lowest BCUT2D eigenvalue weighted by atomic mass is 9.82. The number of carbonyl (C=O) groups excluding carboxylic acids is 1. The van der Waals surface area contributed by atoms with Crippen LogP contribution in [0.4, 0.5) is 4.39 Å². The molecule has 0 aliphatic heterocycles. The van der Waals surface area contributed by atoms with Crippen LogP contribution in [-0.2, 0) is 17.6 Å². The predicted molar refractivity (Wildman–Crippen MR) is 145 cm³/mol. The van der Waals surface area contributed by atoms with Crippen molar-refractivity contribution >= 4 is 28.5 Å². The number of carbonyl (C=O) groups is 1. The topological polar surface area (TPSA) is 82.2 Å². The second kappa shape index (κ2) is 12.1. The summed E-state index contributed by atoms with van der Waals surface area (Å²) >= 11 is 6.26. The van der Waals surface area contributed by atoms with Crippen LogP contribution in [0.15, 0.2) is 22.7 Å². The van der Waals surface area contributed by atoms with Crippen molar-refractivity contribution in [3.63, 3.8) is 0 Å². The Bertz CT molecular complexity index is 1240. The molecule has 3 aromatic rings. The van der Waals surface area contributed by atoms with Gasteiger partial charge in [0.25, 0.3) is 5.88 Å². The van der Waals surface area contributed by atoms with E-state index >= 15 is 0 Å². The van der Waals surface area contributed by atoms with Crippen LogP contribution in [0.5, 0.6) is 5.88 Å². The van der Waals surface area contributed by atoms with Gasteiger partial charge in [-0.3, -0.25) is 4.79 Å². The molecular weight excluding hydrogens is 507 g/mol. The number of amides is 1. The third-order valence-electron chi connectivity index (χ3n) is 7.89. The van der Waals surface area contributed by atoms with E-state index in [0.29, 0.717) is 35.5 Å². The highest BCUT2D eigenvalue weighted by Crippen LogP contribution is 2.37. The fraction of sp³-hybridized carbons (Fsp3) is 0.621. The number of ether oxygens (including phenoxy) is 1. The number of imidazole rings is 1. The first-order valence-electron chi connectivity index (χ1n) is 14.2. The van der Waals surface area contributed by atoms with Gasteiger partial charge in [0.2, 0.25) is 5.91 Å². The second-order valence-corrected chi connectivity index (χ2v) is 11.5. The lowest BCUT2D eigenvalue weighted by molar-refractivity contribution is -0.127. The molecule has 2 aliphatic carbocycles. The zero-order valence-electron chi connectivity index (χ0n) is 22.3. The predicted octanol–water partition coefficient (Wildman–Crippen LogP) is 6.96. The normalized spacial score (nSPS) is 18.2. The average molecular weight is 545 g/mol. The lowest BCUT2D eigenvalue weighted by Crippen LogP contribution is -2.43. The first-order chi connectivity index (χ1) is 18.4. The van der Waals surface area contributed by atoms with Gasteiger partial charge in [-0.05, 0) is 56.7 Å². The zero-order valence-corrected chi connectivity index (χ0v) is 23.1. The highest BCUT2D eigenvalue weighted by molar-refractivity contribution is 6.31. The smallest absolute Gasteiger partial charge is 0.254 e. The van der Waals surface area contributed by atoms with E-state index in [0.717, 1.165) is 57.2 Å². The maximum atomic E-state index is 14.5. The molecular formula is C29H38ClFN4O3. The average Bonchev–Trinajstić information content (AvgIpc) is 3.48. The van der Waals surface area contributed by atoms with Crippen molar-refractivity contribution < 1.29 is 18.4 Å². The van der Waals surface area contributed by atoms with Gasteiger partial charge in [0.15, 0.2) is 0 Å². The molecule has 2 fully saturated rings. The van der Waals surface area contributed by atoms with Crippen LogP contribution in [-0.4, -0.2) is 32.8 Å². The van der Waals surface area contributed by atoms with E-state index in [1.165, 1.54) is 18.9 Å². The van der Waals surface area contributed by atoms with Gasteiger partial charge < -0.3 is 19.1 Å². The van der Waals surface area contributed by atoms with Gasteiger partial charge >= 0.3 is 0 Å². The third-order valence-corrected chi connectivity index (χ3v) is 8.18. The van der Waals surface area contributed by atoms with Crippen molar-refractivity contribution in [1.82, 2.24) is 20.0 Å². The fourth-order valence-corrected chi connectivity index (χ4v) is 6.25. The van der Waals surface area contributed by atoms with Crippen LogP contribution >= 0.6 is 11.6 Å². The van der Waals surface area contributed by atoms with Crippen LogP contribution in [0.1, 0.15) is 95.7 Å². The first kappa shape index (κ1) is 27.0. The number of nitrogens with zero attached hydrogens (tertiary/aromatic N) is 3. The van der Waals surface area contributed by atoms with Crippen molar-refractivity contribution in [2.24, 2.45) is 5.92 Å². The van der Waals surface area contributed by atoms with Gasteiger partial charge in [-0.1, -0.05) is 50.1 Å². The molecule has 2 aromatic heterocycles. The Hall–Kier alpha value is -2.61. The number of nitrogens with one attached hydrogen (secondary N) is 1. The molecule has 1 aromatic carbocycles. The Kier molecular flexibility index (Phi) is 8.56. The summed E-state index contributed by atoms with van der Waals surface area (Å²) in [6.07, 6.45) is 11.9. The molecule has 9 heteroatoms. The van der Waals surface area contributed by atoms with Crippen LogP contribution in [0.3, 0.4) is 0 Å². The summed E-state index contributed by atoms with van der Waals surface area (Å²) in [4.78, 5) is 18.8. The van der Waals surface area contributed by atoms with E-state index in [9.17, 15) is 9.18 Å². The minimum Gasteiger partial charge on any atom is -0.473 e. The standard InChI is InChI=1S/C29H38ClFN4O3/c1-18(2)37-27-15-21(38-34-27)13-14-26-33-24-17-23(31)22(30)16-25(24)35(26)28(19-9-5-3-6-10-19)29(36)32-20-11-7-4-8-12-20/h15-20,28H,3-14H2,1-2H3,(H,32,36).